The van der Waals surface area contributed by atoms with Gasteiger partial charge in [-0.1, -0.05) is 0 Å². The highest BCUT2D eigenvalue weighted by Gasteiger charge is 2.29. The minimum Gasteiger partial charge on any atom is -0.399 e. The van der Waals surface area contributed by atoms with Gasteiger partial charge in [0.2, 0.25) is 15.9 Å². The van der Waals surface area contributed by atoms with E-state index in [1.165, 1.54) is 6.07 Å². The van der Waals surface area contributed by atoms with Crippen molar-refractivity contribution in [3.63, 3.8) is 0 Å². The Balaban J connectivity index is 1.88. The van der Waals surface area contributed by atoms with Crippen molar-refractivity contribution in [1.29, 1.82) is 0 Å². The fourth-order valence-electron chi connectivity index (χ4n) is 1.67. The number of rotatable bonds is 6. The molecule has 4 N–H and O–H groups in total. The summed E-state index contributed by atoms with van der Waals surface area (Å²) < 4.78 is 39.5. The lowest BCUT2D eigenvalue weighted by Gasteiger charge is -2.09. The number of sulfonamides is 1. The largest absolute Gasteiger partial charge is 0.399 e. The third-order valence-corrected chi connectivity index (χ3v) is 4.40. The molecule has 0 aromatic heterocycles. The molecule has 0 saturated heterocycles. The van der Waals surface area contributed by atoms with Crippen LogP contribution in [0, 0.1) is 11.7 Å². The normalized spacial score (nSPS) is 15.1. The molecular weight excluding hydrogens is 285 g/mol. The molecule has 1 fully saturated rings. The number of amides is 1. The summed E-state index contributed by atoms with van der Waals surface area (Å²) in [5.74, 6) is -0.900. The molecule has 8 heteroatoms. The fourth-order valence-corrected chi connectivity index (χ4v) is 2.76. The van der Waals surface area contributed by atoms with E-state index < -0.39 is 20.7 Å². The molecule has 0 atom stereocenters. The Morgan fingerprint density at radius 3 is 2.65 bits per heavy atom. The van der Waals surface area contributed by atoms with Crippen LogP contribution < -0.4 is 15.8 Å². The van der Waals surface area contributed by atoms with E-state index in [4.69, 9.17) is 5.73 Å². The van der Waals surface area contributed by atoms with Crippen LogP contribution in [0.5, 0.6) is 0 Å². The predicted molar refractivity (Wildman–Crippen MR) is 71.7 cm³/mol. The predicted octanol–water partition coefficient (Wildman–Crippen LogP) is 0.212. The van der Waals surface area contributed by atoms with E-state index >= 15 is 0 Å². The minimum atomic E-state index is -3.94. The van der Waals surface area contributed by atoms with Crippen molar-refractivity contribution >= 4 is 21.6 Å². The number of carbonyl (C=O) groups excluding carboxylic acids is 1. The summed E-state index contributed by atoms with van der Waals surface area (Å²) in [6.45, 7) is 0.176. The number of nitrogen functional groups attached to an aromatic ring is 1. The van der Waals surface area contributed by atoms with Gasteiger partial charge in [0.15, 0.2) is 0 Å². The van der Waals surface area contributed by atoms with Crippen LogP contribution in [0.2, 0.25) is 0 Å². The number of carbonyl (C=O) groups is 1. The quantitative estimate of drug-likeness (QED) is 0.516. The molecule has 1 aliphatic rings. The molecule has 6 nitrogen and oxygen atoms in total. The highest BCUT2D eigenvalue weighted by Crippen LogP contribution is 2.28. The first-order chi connectivity index (χ1) is 9.40. The van der Waals surface area contributed by atoms with Gasteiger partial charge >= 0.3 is 0 Å². The van der Waals surface area contributed by atoms with Gasteiger partial charge in [0, 0.05) is 24.7 Å². The fraction of sp³-hybridized carbons (Fsp3) is 0.417. The van der Waals surface area contributed by atoms with Crippen LogP contribution >= 0.6 is 0 Å². The van der Waals surface area contributed by atoms with Crippen LogP contribution in [0.1, 0.15) is 12.8 Å². The number of nitrogens with one attached hydrogen (secondary N) is 2. The SMILES string of the molecule is Nc1ccc(S(=O)(=O)NCCNC(=O)C2CC2)c(F)c1. The molecular formula is C12H16FN3O3S. The van der Waals surface area contributed by atoms with Crippen LogP contribution in [0.3, 0.4) is 0 Å². The van der Waals surface area contributed by atoms with E-state index in [1.54, 1.807) is 0 Å². The average Bonchev–Trinajstić information content (AvgIpc) is 3.18. The molecule has 0 unspecified atom stereocenters. The van der Waals surface area contributed by atoms with Crippen LogP contribution in [0.4, 0.5) is 10.1 Å². The lowest BCUT2D eigenvalue weighted by molar-refractivity contribution is -0.122. The van der Waals surface area contributed by atoms with E-state index in [9.17, 15) is 17.6 Å². The van der Waals surface area contributed by atoms with E-state index in [2.05, 4.69) is 10.0 Å². The van der Waals surface area contributed by atoms with Crippen LogP contribution in [-0.4, -0.2) is 27.4 Å². The van der Waals surface area contributed by atoms with Crippen molar-refractivity contribution < 1.29 is 17.6 Å². The molecule has 1 aliphatic carbocycles. The number of hydrogen-bond donors (Lipinski definition) is 3. The molecule has 0 spiro atoms. The molecule has 110 valence electrons. The van der Waals surface area contributed by atoms with Gasteiger partial charge in [0.25, 0.3) is 0 Å². The first-order valence-electron chi connectivity index (χ1n) is 6.22. The van der Waals surface area contributed by atoms with Crippen molar-refractivity contribution in [3.05, 3.63) is 24.0 Å². The van der Waals surface area contributed by atoms with Crippen molar-refractivity contribution in [1.82, 2.24) is 10.0 Å². The Morgan fingerprint density at radius 2 is 2.05 bits per heavy atom. The second kappa shape index (κ2) is 5.76. The monoisotopic (exact) mass is 301 g/mol. The molecule has 0 aliphatic heterocycles. The molecule has 20 heavy (non-hydrogen) atoms. The van der Waals surface area contributed by atoms with E-state index in [1.807, 2.05) is 0 Å². The molecule has 0 radical (unpaired) electrons. The second-order valence-corrected chi connectivity index (χ2v) is 6.39. The Bertz CT molecular complexity index is 614. The maximum absolute atomic E-state index is 13.5. The number of benzene rings is 1. The van der Waals surface area contributed by atoms with E-state index in [0.29, 0.717) is 0 Å². The van der Waals surface area contributed by atoms with Crippen LogP contribution in [0.15, 0.2) is 23.1 Å². The highest BCUT2D eigenvalue weighted by molar-refractivity contribution is 7.89. The first kappa shape index (κ1) is 14.7. The molecule has 1 amide bonds. The summed E-state index contributed by atoms with van der Waals surface area (Å²) in [6.07, 6.45) is 1.77. The maximum Gasteiger partial charge on any atom is 0.243 e. The summed E-state index contributed by atoms with van der Waals surface area (Å²) in [6, 6.07) is 3.37. The zero-order valence-electron chi connectivity index (χ0n) is 10.7. The smallest absolute Gasteiger partial charge is 0.243 e. The van der Waals surface area contributed by atoms with Gasteiger partial charge in [-0.2, -0.15) is 0 Å². The second-order valence-electron chi connectivity index (χ2n) is 4.65. The summed E-state index contributed by atoms with van der Waals surface area (Å²) in [5.41, 5.74) is 5.51. The van der Waals surface area contributed by atoms with Crippen molar-refractivity contribution in [2.24, 2.45) is 5.92 Å². The summed E-state index contributed by atoms with van der Waals surface area (Å²) in [5, 5.41) is 2.61. The zero-order valence-corrected chi connectivity index (χ0v) is 11.5. The molecule has 1 saturated carbocycles. The Kier molecular flexibility index (Phi) is 4.24. The Morgan fingerprint density at radius 1 is 1.35 bits per heavy atom. The summed E-state index contributed by atoms with van der Waals surface area (Å²) in [7, 11) is -3.94. The van der Waals surface area contributed by atoms with Gasteiger partial charge < -0.3 is 11.1 Å². The molecule has 0 bridgehead atoms. The van der Waals surface area contributed by atoms with Gasteiger partial charge in [-0.3, -0.25) is 4.79 Å². The number of nitrogens with two attached hydrogens (primary N) is 1. The molecule has 1 aromatic rings. The average molecular weight is 301 g/mol. The van der Waals surface area contributed by atoms with Crippen molar-refractivity contribution in [2.45, 2.75) is 17.7 Å². The minimum absolute atomic E-state index is 0.00457. The molecule has 1 aromatic carbocycles. The van der Waals surface area contributed by atoms with Gasteiger partial charge in [0.1, 0.15) is 10.7 Å². The lowest BCUT2D eigenvalue weighted by atomic mass is 10.3. The maximum atomic E-state index is 13.5. The Hall–Kier alpha value is -1.67. The summed E-state index contributed by atoms with van der Waals surface area (Å²) >= 11 is 0. The summed E-state index contributed by atoms with van der Waals surface area (Å²) in [4.78, 5) is 10.9. The van der Waals surface area contributed by atoms with Crippen molar-refractivity contribution in [2.75, 3.05) is 18.8 Å². The first-order valence-corrected chi connectivity index (χ1v) is 7.71. The standard InChI is InChI=1S/C12H16FN3O3S/c13-10-7-9(14)3-4-11(10)20(18,19)16-6-5-15-12(17)8-1-2-8/h3-4,7-8,16H,1-2,5-6,14H2,(H,15,17). The van der Waals surface area contributed by atoms with Crippen LogP contribution in [-0.2, 0) is 14.8 Å². The van der Waals surface area contributed by atoms with Gasteiger partial charge in [-0.25, -0.2) is 17.5 Å². The molecule has 2 rings (SSSR count). The topological polar surface area (TPSA) is 101 Å². The molecule has 0 heterocycles. The highest BCUT2D eigenvalue weighted by atomic mass is 32.2. The van der Waals surface area contributed by atoms with Gasteiger partial charge in [-0.15, -0.1) is 0 Å². The zero-order chi connectivity index (χ0) is 14.8. The number of halogens is 1. The number of anilines is 1. The van der Waals surface area contributed by atoms with Gasteiger partial charge in [0.05, 0.1) is 0 Å². The van der Waals surface area contributed by atoms with E-state index in [-0.39, 0.29) is 30.6 Å². The number of hydrogen-bond acceptors (Lipinski definition) is 4. The van der Waals surface area contributed by atoms with Gasteiger partial charge in [-0.05, 0) is 31.0 Å². The third-order valence-electron chi connectivity index (χ3n) is 2.91. The lowest BCUT2D eigenvalue weighted by Crippen LogP contribution is -2.35. The Labute approximate surface area is 116 Å². The van der Waals surface area contributed by atoms with Crippen LogP contribution in [0.25, 0.3) is 0 Å². The van der Waals surface area contributed by atoms with Crippen molar-refractivity contribution in [3.8, 4) is 0 Å². The third kappa shape index (κ3) is 3.67. The van der Waals surface area contributed by atoms with E-state index in [0.717, 1.165) is 25.0 Å².